The summed E-state index contributed by atoms with van der Waals surface area (Å²) in [4.78, 5) is 10.7. The molecule has 0 aromatic rings. The first-order valence-electron chi connectivity index (χ1n) is 2.62. The van der Waals surface area contributed by atoms with Crippen LogP contribution in [0.25, 0.3) is 0 Å². The summed E-state index contributed by atoms with van der Waals surface area (Å²) in [5, 5.41) is 2.36. The first-order valence-corrected chi connectivity index (χ1v) is 3.03. The maximum atomic E-state index is 10.7. The van der Waals surface area contributed by atoms with Crippen LogP contribution in [0.2, 0.25) is 0 Å². The highest BCUT2D eigenvalue weighted by atomic mass is 32.1. The predicted molar refractivity (Wildman–Crippen MR) is 42.6 cm³/mol. The fourth-order valence-corrected chi connectivity index (χ4v) is 0.343. The minimum absolute atomic E-state index is 0.0630. The number of hydrogen-bond acceptors (Lipinski definition) is 3. The molecule has 56 valence electrons. The molecular formula is C6H9NO2S. The summed E-state index contributed by atoms with van der Waals surface area (Å²) in [6, 6.07) is 0. The summed E-state index contributed by atoms with van der Waals surface area (Å²) in [5.74, 6) is -0.313. The first-order chi connectivity index (χ1) is 4.57. The van der Waals surface area contributed by atoms with Crippen molar-refractivity contribution >= 4 is 23.3 Å². The van der Waals surface area contributed by atoms with Gasteiger partial charge in [0.05, 0.1) is 7.11 Å². The first kappa shape index (κ1) is 9.10. The zero-order valence-electron chi connectivity index (χ0n) is 5.93. The van der Waals surface area contributed by atoms with E-state index in [1.54, 1.807) is 6.92 Å². The van der Waals surface area contributed by atoms with E-state index < -0.39 is 0 Å². The van der Waals surface area contributed by atoms with Crippen molar-refractivity contribution in [2.24, 2.45) is 0 Å². The van der Waals surface area contributed by atoms with E-state index in [1.165, 1.54) is 7.11 Å². The molecule has 3 nitrogen and oxygen atoms in total. The van der Waals surface area contributed by atoms with Crippen molar-refractivity contribution in [1.29, 1.82) is 0 Å². The number of methoxy groups -OCH3 is 1. The van der Waals surface area contributed by atoms with Crippen molar-refractivity contribution in [3.63, 3.8) is 0 Å². The third kappa shape index (κ3) is 3.19. The Morgan fingerprint density at radius 2 is 2.20 bits per heavy atom. The largest absolute Gasteiger partial charge is 0.474 e. The van der Waals surface area contributed by atoms with E-state index in [-0.39, 0.29) is 11.1 Å². The van der Waals surface area contributed by atoms with Crippen LogP contribution in [0.5, 0.6) is 0 Å². The summed E-state index contributed by atoms with van der Waals surface area (Å²) in [6.07, 6.45) is 0. The van der Waals surface area contributed by atoms with Gasteiger partial charge >= 0.3 is 0 Å². The number of carbonyl (C=O) groups excluding carboxylic acids is 1. The summed E-state index contributed by atoms with van der Waals surface area (Å²) in [7, 11) is 1.39. The minimum atomic E-state index is -0.313. The Balaban J connectivity index is 3.80. The van der Waals surface area contributed by atoms with Crippen LogP contribution < -0.4 is 5.32 Å². The van der Waals surface area contributed by atoms with Gasteiger partial charge in [0.2, 0.25) is 0 Å². The lowest BCUT2D eigenvalue weighted by Gasteiger charge is -2.02. The van der Waals surface area contributed by atoms with Gasteiger partial charge in [0.15, 0.2) is 0 Å². The number of amides is 1. The maximum absolute atomic E-state index is 10.7. The third-order valence-corrected chi connectivity index (χ3v) is 1.06. The fourth-order valence-electron chi connectivity index (χ4n) is 0.250. The molecule has 4 heteroatoms. The quantitative estimate of drug-likeness (QED) is 0.450. The zero-order valence-corrected chi connectivity index (χ0v) is 6.75. The SMILES string of the molecule is C=C(C)C(=O)NC(=S)OC. The van der Waals surface area contributed by atoms with E-state index in [0.29, 0.717) is 5.57 Å². The Labute approximate surface area is 65.1 Å². The topological polar surface area (TPSA) is 38.3 Å². The number of carbonyl (C=O) groups is 1. The van der Waals surface area contributed by atoms with Crippen molar-refractivity contribution in [2.75, 3.05) is 7.11 Å². The van der Waals surface area contributed by atoms with Gasteiger partial charge in [0.1, 0.15) is 0 Å². The van der Waals surface area contributed by atoms with Gasteiger partial charge in [0, 0.05) is 5.57 Å². The summed E-state index contributed by atoms with van der Waals surface area (Å²) < 4.78 is 4.53. The highest BCUT2D eigenvalue weighted by Crippen LogP contribution is 1.85. The van der Waals surface area contributed by atoms with Crippen LogP contribution in [0.3, 0.4) is 0 Å². The molecule has 0 rings (SSSR count). The zero-order chi connectivity index (χ0) is 8.15. The van der Waals surface area contributed by atoms with Crippen LogP contribution in [-0.4, -0.2) is 18.2 Å². The van der Waals surface area contributed by atoms with Crippen molar-refractivity contribution in [3.8, 4) is 0 Å². The molecule has 0 aromatic heterocycles. The molecular weight excluding hydrogens is 150 g/mol. The molecule has 0 fully saturated rings. The van der Waals surface area contributed by atoms with Gasteiger partial charge in [-0.2, -0.15) is 0 Å². The fraction of sp³-hybridized carbons (Fsp3) is 0.333. The van der Waals surface area contributed by atoms with Crippen LogP contribution in [0.4, 0.5) is 0 Å². The van der Waals surface area contributed by atoms with Crippen LogP contribution in [0.15, 0.2) is 12.2 Å². The molecule has 0 unspecified atom stereocenters. The number of thiocarbonyl (C=S) groups is 1. The molecule has 0 aromatic carbocycles. The van der Waals surface area contributed by atoms with Gasteiger partial charge in [0.25, 0.3) is 11.1 Å². The molecule has 1 N–H and O–H groups in total. The highest BCUT2D eigenvalue weighted by molar-refractivity contribution is 7.80. The lowest BCUT2D eigenvalue weighted by molar-refractivity contribution is -0.116. The third-order valence-electron chi connectivity index (χ3n) is 0.789. The van der Waals surface area contributed by atoms with E-state index in [9.17, 15) is 4.79 Å². The maximum Gasteiger partial charge on any atom is 0.263 e. The van der Waals surface area contributed by atoms with Crippen LogP contribution in [-0.2, 0) is 9.53 Å². The van der Waals surface area contributed by atoms with Crippen LogP contribution in [0, 0.1) is 0 Å². The Morgan fingerprint density at radius 1 is 1.70 bits per heavy atom. The Bertz CT molecular complexity index is 177. The monoisotopic (exact) mass is 159 g/mol. The van der Waals surface area contributed by atoms with Crippen molar-refractivity contribution in [1.82, 2.24) is 5.32 Å². The van der Waals surface area contributed by atoms with Gasteiger partial charge in [-0.15, -0.1) is 0 Å². The average Bonchev–Trinajstić information content (AvgIpc) is 1.87. The molecule has 0 aliphatic heterocycles. The average molecular weight is 159 g/mol. The Morgan fingerprint density at radius 3 is 2.50 bits per heavy atom. The van der Waals surface area contributed by atoms with Crippen molar-refractivity contribution < 1.29 is 9.53 Å². The van der Waals surface area contributed by atoms with E-state index in [1.807, 2.05) is 0 Å². The molecule has 0 aliphatic rings. The van der Waals surface area contributed by atoms with Gasteiger partial charge in [-0.25, -0.2) is 0 Å². The second-order valence-corrected chi connectivity index (χ2v) is 2.10. The van der Waals surface area contributed by atoms with Gasteiger partial charge in [-0.1, -0.05) is 6.58 Å². The Hall–Kier alpha value is -0.900. The molecule has 0 spiro atoms. The Kier molecular flexibility index (Phi) is 3.64. The van der Waals surface area contributed by atoms with Crippen molar-refractivity contribution in [2.45, 2.75) is 6.92 Å². The van der Waals surface area contributed by atoms with E-state index >= 15 is 0 Å². The molecule has 0 atom stereocenters. The lowest BCUT2D eigenvalue weighted by atomic mass is 10.3. The summed E-state index contributed by atoms with van der Waals surface area (Å²) in [5.41, 5.74) is 0.402. The van der Waals surface area contributed by atoms with Crippen LogP contribution >= 0.6 is 12.2 Å². The molecule has 0 saturated heterocycles. The molecule has 0 heterocycles. The van der Waals surface area contributed by atoms with Crippen molar-refractivity contribution in [3.05, 3.63) is 12.2 Å². The van der Waals surface area contributed by atoms with Gasteiger partial charge in [-0.05, 0) is 19.1 Å². The second-order valence-electron chi connectivity index (χ2n) is 1.73. The number of ether oxygens (including phenoxy) is 1. The van der Waals surface area contributed by atoms with E-state index in [2.05, 4.69) is 28.9 Å². The molecule has 0 aliphatic carbocycles. The van der Waals surface area contributed by atoms with Gasteiger partial charge < -0.3 is 4.74 Å². The summed E-state index contributed by atoms with van der Waals surface area (Å²) >= 11 is 4.56. The standard InChI is InChI=1S/C6H9NO2S/c1-4(2)5(8)7-6(10)9-3/h1H2,2-3H3,(H,7,8,10). The molecule has 0 bridgehead atoms. The number of nitrogens with one attached hydrogen (secondary N) is 1. The molecule has 1 amide bonds. The minimum Gasteiger partial charge on any atom is -0.474 e. The molecule has 0 radical (unpaired) electrons. The van der Waals surface area contributed by atoms with E-state index in [4.69, 9.17) is 0 Å². The predicted octanol–water partition coefficient (Wildman–Crippen LogP) is 0.610. The molecule has 10 heavy (non-hydrogen) atoms. The van der Waals surface area contributed by atoms with E-state index in [0.717, 1.165) is 0 Å². The normalized spacial score (nSPS) is 8.20. The number of rotatable bonds is 1. The van der Waals surface area contributed by atoms with Gasteiger partial charge in [-0.3, -0.25) is 10.1 Å². The smallest absolute Gasteiger partial charge is 0.263 e. The van der Waals surface area contributed by atoms with Crippen LogP contribution in [0.1, 0.15) is 6.92 Å². The lowest BCUT2D eigenvalue weighted by Crippen LogP contribution is -2.30. The summed E-state index contributed by atoms with van der Waals surface area (Å²) in [6.45, 7) is 5.01. The number of hydrogen-bond donors (Lipinski definition) is 1. The molecule has 0 saturated carbocycles. The highest BCUT2D eigenvalue weighted by Gasteiger charge is 2.02. The second kappa shape index (κ2) is 4.00.